The van der Waals surface area contributed by atoms with E-state index in [1.165, 1.54) is 5.56 Å². The number of hydrogen-bond acceptors (Lipinski definition) is 3. The van der Waals surface area contributed by atoms with Crippen LogP contribution >= 0.6 is 0 Å². The number of nitrogens with one attached hydrogen (secondary N) is 1. The zero-order chi connectivity index (χ0) is 13.0. The van der Waals surface area contributed by atoms with Crippen LogP contribution in [0.2, 0.25) is 0 Å². The van der Waals surface area contributed by atoms with E-state index in [-0.39, 0.29) is 6.61 Å². The van der Waals surface area contributed by atoms with Gasteiger partial charge in [0.2, 0.25) is 0 Å². The second kappa shape index (κ2) is 5.69. The maximum atomic E-state index is 8.86. The Morgan fingerprint density at radius 3 is 2.89 bits per heavy atom. The van der Waals surface area contributed by atoms with Crippen molar-refractivity contribution in [2.24, 2.45) is 0 Å². The number of hydrogen-bond donors (Lipinski definition) is 2. The van der Waals surface area contributed by atoms with E-state index in [2.05, 4.69) is 42.5 Å². The van der Waals surface area contributed by atoms with Crippen LogP contribution < -0.4 is 5.32 Å². The molecule has 18 heavy (non-hydrogen) atoms. The quantitative estimate of drug-likeness (QED) is 0.848. The smallest absolute Gasteiger partial charge is 0.0764 e. The van der Waals surface area contributed by atoms with Gasteiger partial charge in [0.25, 0.3) is 0 Å². The van der Waals surface area contributed by atoms with Crippen LogP contribution in [0.5, 0.6) is 0 Å². The highest BCUT2D eigenvalue weighted by Crippen LogP contribution is 2.20. The molecule has 1 heterocycles. The molecule has 0 aliphatic carbocycles. The zero-order valence-electron chi connectivity index (χ0n) is 10.8. The minimum absolute atomic E-state index is 0.124. The van der Waals surface area contributed by atoms with Gasteiger partial charge in [-0.15, -0.1) is 0 Å². The van der Waals surface area contributed by atoms with Crippen molar-refractivity contribution in [3.63, 3.8) is 0 Å². The summed E-state index contributed by atoms with van der Waals surface area (Å²) in [6.45, 7) is 4.85. The Labute approximate surface area is 107 Å². The minimum atomic E-state index is 0.124. The molecule has 0 saturated carbocycles. The van der Waals surface area contributed by atoms with Crippen molar-refractivity contribution in [1.29, 1.82) is 0 Å². The molecule has 0 aliphatic heterocycles. The number of aryl methyl sites for hydroxylation is 1. The van der Waals surface area contributed by atoms with Gasteiger partial charge in [-0.1, -0.05) is 19.1 Å². The van der Waals surface area contributed by atoms with Gasteiger partial charge in [-0.25, -0.2) is 4.68 Å². The van der Waals surface area contributed by atoms with Gasteiger partial charge >= 0.3 is 0 Å². The van der Waals surface area contributed by atoms with Crippen LogP contribution in [0.25, 0.3) is 5.69 Å². The number of aromatic nitrogens is 2. The summed E-state index contributed by atoms with van der Waals surface area (Å²) < 4.78 is 1.95. The second-order valence-corrected chi connectivity index (χ2v) is 4.26. The van der Waals surface area contributed by atoms with Crippen molar-refractivity contribution < 1.29 is 5.11 Å². The number of benzene rings is 1. The maximum absolute atomic E-state index is 8.86. The third-order valence-electron chi connectivity index (χ3n) is 2.88. The van der Waals surface area contributed by atoms with Crippen LogP contribution in [-0.4, -0.2) is 28.0 Å². The average molecular weight is 245 g/mol. The number of nitrogens with zero attached hydrogens (tertiary/aromatic N) is 2. The van der Waals surface area contributed by atoms with Crippen molar-refractivity contribution in [3.05, 3.63) is 41.7 Å². The van der Waals surface area contributed by atoms with Crippen molar-refractivity contribution in [3.8, 4) is 5.69 Å². The van der Waals surface area contributed by atoms with Crippen molar-refractivity contribution in [2.45, 2.75) is 20.3 Å². The highest BCUT2D eigenvalue weighted by Gasteiger charge is 2.10. The predicted molar refractivity (Wildman–Crippen MR) is 73.3 cm³/mol. The normalized spacial score (nSPS) is 10.6. The van der Waals surface area contributed by atoms with Crippen LogP contribution in [0, 0.1) is 6.92 Å². The third-order valence-corrected chi connectivity index (χ3v) is 2.88. The first-order valence-corrected chi connectivity index (χ1v) is 6.25. The molecular formula is C14H19N3O. The molecule has 1 aromatic heterocycles. The number of aliphatic hydroxyl groups is 1. The Balaban J connectivity index is 2.36. The maximum Gasteiger partial charge on any atom is 0.0764 e. The van der Waals surface area contributed by atoms with Gasteiger partial charge in [0.15, 0.2) is 0 Å². The van der Waals surface area contributed by atoms with Gasteiger partial charge in [-0.3, -0.25) is 0 Å². The fourth-order valence-corrected chi connectivity index (χ4v) is 2.03. The Morgan fingerprint density at radius 2 is 2.22 bits per heavy atom. The Morgan fingerprint density at radius 1 is 1.39 bits per heavy atom. The van der Waals surface area contributed by atoms with Crippen LogP contribution in [0.15, 0.2) is 30.5 Å². The predicted octanol–water partition coefficient (Wildman–Crippen LogP) is 2.15. The molecule has 2 rings (SSSR count). The van der Waals surface area contributed by atoms with Crippen molar-refractivity contribution in [1.82, 2.24) is 9.78 Å². The lowest BCUT2D eigenvalue weighted by atomic mass is 10.2. The summed E-state index contributed by atoms with van der Waals surface area (Å²) in [5.41, 5.74) is 4.42. The molecule has 1 aromatic carbocycles. The zero-order valence-corrected chi connectivity index (χ0v) is 10.8. The summed E-state index contributed by atoms with van der Waals surface area (Å²) in [7, 11) is 0. The first kappa shape index (κ1) is 12.6. The lowest BCUT2D eigenvalue weighted by Gasteiger charge is -2.09. The monoisotopic (exact) mass is 245 g/mol. The summed E-state index contributed by atoms with van der Waals surface area (Å²) in [6.07, 6.45) is 2.71. The standard InChI is InChI=1S/C14H19N3O/c1-3-14-13(15-7-8-18)10-16-17(14)12-6-4-5-11(2)9-12/h4-6,9-10,15,18H,3,7-8H2,1-2H3. The summed E-state index contributed by atoms with van der Waals surface area (Å²) in [5, 5.41) is 16.5. The SMILES string of the molecule is CCc1c(NCCO)cnn1-c1cccc(C)c1. The number of aliphatic hydroxyl groups excluding tert-OH is 1. The van der Waals surface area contributed by atoms with Gasteiger partial charge in [-0.2, -0.15) is 5.10 Å². The first-order valence-electron chi connectivity index (χ1n) is 6.25. The van der Waals surface area contributed by atoms with E-state index in [4.69, 9.17) is 5.11 Å². The number of rotatable bonds is 5. The summed E-state index contributed by atoms with van der Waals surface area (Å²) >= 11 is 0. The summed E-state index contributed by atoms with van der Waals surface area (Å²) in [5.74, 6) is 0. The van der Waals surface area contributed by atoms with Gasteiger partial charge < -0.3 is 10.4 Å². The molecule has 0 unspecified atom stereocenters. The van der Waals surface area contributed by atoms with Crippen LogP contribution in [-0.2, 0) is 6.42 Å². The molecule has 4 heteroatoms. The topological polar surface area (TPSA) is 50.1 Å². The largest absolute Gasteiger partial charge is 0.395 e. The van der Waals surface area contributed by atoms with Gasteiger partial charge in [-0.05, 0) is 31.0 Å². The first-order chi connectivity index (χ1) is 8.76. The molecule has 0 fully saturated rings. The van der Waals surface area contributed by atoms with Crippen LogP contribution in [0.3, 0.4) is 0 Å². The molecule has 0 amide bonds. The van der Waals surface area contributed by atoms with Crippen molar-refractivity contribution in [2.75, 3.05) is 18.5 Å². The van der Waals surface area contributed by atoms with Crippen LogP contribution in [0.4, 0.5) is 5.69 Å². The Kier molecular flexibility index (Phi) is 3.99. The van der Waals surface area contributed by atoms with Crippen molar-refractivity contribution >= 4 is 5.69 Å². The molecule has 96 valence electrons. The van der Waals surface area contributed by atoms with E-state index < -0.39 is 0 Å². The van der Waals surface area contributed by atoms with E-state index in [9.17, 15) is 0 Å². The summed E-state index contributed by atoms with van der Waals surface area (Å²) in [6, 6.07) is 8.27. The second-order valence-electron chi connectivity index (χ2n) is 4.26. The molecular weight excluding hydrogens is 226 g/mol. The van der Waals surface area contributed by atoms with Gasteiger partial charge in [0.1, 0.15) is 0 Å². The van der Waals surface area contributed by atoms with E-state index in [1.54, 1.807) is 0 Å². The average Bonchev–Trinajstić information content (AvgIpc) is 2.79. The molecule has 2 N–H and O–H groups in total. The third kappa shape index (κ3) is 2.54. The van der Waals surface area contributed by atoms with Crippen LogP contribution in [0.1, 0.15) is 18.2 Å². The molecule has 0 aliphatic rings. The van der Waals surface area contributed by atoms with E-state index in [0.29, 0.717) is 6.54 Å². The molecule has 4 nitrogen and oxygen atoms in total. The summed E-state index contributed by atoms with van der Waals surface area (Å²) in [4.78, 5) is 0. The molecule has 2 aromatic rings. The van der Waals surface area contributed by atoms with E-state index in [0.717, 1.165) is 23.5 Å². The fraction of sp³-hybridized carbons (Fsp3) is 0.357. The lowest BCUT2D eigenvalue weighted by Crippen LogP contribution is -2.08. The molecule has 0 atom stereocenters. The van der Waals surface area contributed by atoms with Gasteiger partial charge in [0.05, 0.1) is 29.9 Å². The number of anilines is 1. The van der Waals surface area contributed by atoms with Gasteiger partial charge in [0, 0.05) is 6.54 Å². The lowest BCUT2D eigenvalue weighted by molar-refractivity contribution is 0.311. The van der Waals surface area contributed by atoms with E-state index in [1.807, 2.05) is 16.9 Å². The highest BCUT2D eigenvalue weighted by molar-refractivity contribution is 5.50. The Hall–Kier alpha value is -1.81. The molecule has 0 bridgehead atoms. The molecule has 0 saturated heterocycles. The fourth-order valence-electron chi connectivity index (χ4n) is 2.03. The molecule has 0 spiro atoms. The Bertz CT molecular complexity index is 520. The van der Waals surface area contributed by atoms with E-state index >= 15 is 0 Å². The minimum Gasteiger partial charge on any atom is -0.395 e. The molecule has 0 radical (unpaired) electrons. The highest BCUT2D eigenvalue weighted by atomic mass is 16.3.